The highest BCUT2D eigenvalue weighted by molar-refractivity contribution is 4.79. The molecule has 1 unspecified atom stereocenters. The van der Waals surface area contributed by atoms with Crippen LogP contribution in [0.3, 0.4) is 0 Å². The zero-order valence-electron chi connectivity index (χ0n) is 5.45. The fourth-order valence-electron chi connectivity index (χ4n) is 1.000. The average Bonchev–Trinajstić information content (AvgIpc) is 2.15. The molecule has 1 aliphatic heterocycles. The predicted molar refractivity (Wildman–Crippen MR) is 32.0 cm³/mol. The Morgan fingerprint density at radius 1 is 1.67 bits per heavy atom. The normalized spacial score (nSPS) is 43.7. The molecule has 0 amide bonds. The third kappa shape index (κ3) is 1.23. The van der Waals surface area contributed by atoms with E-state index >= 15 is 0 Å². The number of aliphatic hydroxyl groups is 2. The third-order valence-electron chi connectivity index (χ3n) is 1.72. The molecule has 3 nitrogen and oxygen atoms in total. The van der Waals surface area contributed by atoms with Crippen molar-refractivity contribution in [2.24, 2.45) is 5.92 Å². The third-order valence-corrected chi connectivity index (χ3v) is 1.72. The van der Waals surface area contributed by atoms with Crippen LogP contribution in [-0.2, 0) is 4.74 Å². The molecule has 3 heteroatoms. The van der Waals surface area contributed by atoms with Crippen molar-refractivity contribution in [1.29, 1.82) is 0 Å². The summed E-state index contributed by atoms with van der Waals surface area (Å²) < 4.78 is 5.03. The Hall–Kier alpha value is -0.120. The van der Waals surface area contributed by atoms with Crippen molar-refractivity contribution in [3.63, 3.8) is 0 Å². The quantitative estimate of drug-likeness (QED) is 0.499. The minimum atomic E-state index is -0.477. The molecule has 0 aromatic heterocycles. The first-order valence-corrected chi connectivity index (χ1v) is 3.16. The van der Waals surface area contributed by atoms with E-state index in [2.05, 4.69) is 0 Å². The van der Waals surface area contributed by atoms with Gasteiger partial charge in [-0.3, -0.25) is 0 Å². The van der Waals surface area contributed by atoms with E-state index in [1.807, 2.05) is 6.92 Å². The number of hydrogen-bond acceptors (Lipinski definition) is 3. The lowest BCUT2D eigenvalue weighted by molar-refractivity contribution is 0.00208. The molecule has 0 bridgehead atoms. The summed E-state index contributed by atoms with van der Waals surface area (Å²) in [5.74, 6) is 0.169. The van der Waals surface area contributed by atoms with E-state index in [1.165, 1.54) is 0 Å². The summed E-state index contributed by atoms with van der Waals surface area (Å²) in [5, 5.41) is 17.7. The molecule has 1 aliphatic rings. The van der Waals surface area contributed by atoms with Crippen LogP contribution in [0.25, 0.3) is 0 Å². The van der Waals surface area contributed by atoms with Gasteiger partial charge < -0.3 is 14.9 Å². The number of hydrogen-bond donors (Lipinski definition) is 2. The lowest BCUT2D eigenvalue weighted by Crippen LogP contribution is -2.27. The predicted octanol–water partition coefficient (Wildman–Crippen LogP) is -0.626. The van der Waals surface area contributed by atoms with Crippen LogP contribution in [0, 0.1) is 5.92 Å². The molecule has 1 fully saturated rings. The van der Waals surface area contributed by atoms with Crippen molar-refractivity contribution in [2.75, 3.05) is 13.2 Å². The fraction of sp³-hybridized carbons (Fsp3) is 1.00. The molecule has 0 saturated carbocycles. The van der Waals surface area contributed by atoms with Gasteiger partial charge in [-0.1, -0.05) is 6.92 Å². The molecule has 0 aliphatic carbocycles. The number of ether oxygens (including phenoxy) is 1. The maximum Gasteiger partial charge on any atom is 0.107 e. The molecule has 54 valence electrons. The molecule has 1 rings (SSSR count). The Kier molecular flexibility index (Phi) is 2.05. The average molecular weight is 132 g/mol. The van der Waals surface area contributed by atoms with E-state index < -0.39 is 6.10 Å². The Labute approximate surface area is 54.3 Å². The first-order valence-electron chi connectivity index (χ1n) is 3.16. The highest BCUT2D eigenvalue weighted by Gasteiger charge is 2.31. The van der Waals surface area contributed by atoms with Crippen LogP contribution >= 0.6 is 0 Å². The Morgan fingerprint density at radius 2 is 2.33 bits per heavy atom. The highest BCUT2D eigenvalue weighted by atomic mass is 16.5. The zero-order valence-corrected chi connectivity index (χ0v) is 5.45. The van der Waals surface area contributed by atoms with Crippen molar-refractivity contribution < 1.29 is 14.9 Å². The summed E-state index contributed by atoms with van der Waals surface area (Å²) in [5.41, 5.74) is 0. The van der Waals surface area contributed by atoms with Crippen LogP contribution in [0.15, 0.2) is 0 Å². The molecule has 0 aromatic rings. The first kappa shape index (κ1) is 6.99. The van der Waals surface area contributed by atoms with Crippen LogP contribution in [0.1, 0.15) is 6.92 Å². The van der Waals surface area contributed by atoms with Crippen LogP contribution in [0.2, 0.25) is 0 Å². The van der Waals surface area contributed by atoms with Gasteiger partial charge >= 0.3 is 0 Å². The summed E-state index contributed by atoms with van der Waals surface area (Å²) in [6, 6.07) is 0. The molecule has 9 heavy (non-hydrogen) atoms. The molecule has 3 atom stereocenters. The SMILES string of the molecule is CC1CO[C@H](CO)[C@@H]1O. The van der Waals surface area contributed by atoms with Crippen LogP contribution in [-0.4, -0.2) is 35.6 Å². The van der Waals surface area contributed by atoms with E-state index in [-0.39, 0.29) is 18.6 Å². The van der Waals surface area contributed by atoms with Gasteiger partial charge in [-0.2, -0.15) is 0 Å². The number of aliphatic hydroxyl groups excluding tert-OH is 2. The van der Waals surface area contributed by atoms with Gasteiger partial charge in [0.1, 0.15) is 6.10 Å². The summed E-state index contributed by atoms with van der Waals surface area (Å²) >= 11 is 0. The van der Waals surface area contributed by atoms with Crippen molar-refractivity contribution in [1.82, 2.24) is 0 Å². The summed E-state index contributed by atoms with van der Waals surface area (Å²) in [7, 11) is 0. The van der Waals surface area contributed by atoms with Crippen LogP contribution in [0.4, 0.5) is 0 Å². The second kappa shape index (κ2) is 2.64. The standard InChI is InChI=1S/C6H12O3/c1-4-3-9-5(2-7)6(4)8/h4-8H,2-3H2,1H3/t4?,5-,6-/m1/s1. The minimum Gasteiger partial charge on any atom is -0.394 e. The van der Waals surface area contributed by atoms with Gasteiger partial charge in [-0.05, 0) is 0 Å². The lowest BCUT2D eigenvalue weighted by atomic mass is 10.1. The van der Waals surface area contributed by atoms with Gasteiger partial charge in [0.05, 0.1) is 19.3 Å². The first-order chi connectivity index (χ1) is 4.25. The van der Waals surface area contributed by atoms with Crippen molar-refractivity contribution >= 4 is 0 Å². The molecular weight excluding hydrogens is 120 g/mol. The van der Waals surface area contributed by atoms with Crippen molar-refractivity contribution in [2.45, 2.75) is 19.1 Å². The van der Waals surface area contributed by atoms with Crippen molar-refractivity contribution in [3.8, 4) is 0 Å². The van der Waals surface area contributed by atoms with E-state index in [1.54, 1.807) is 0 Å². The molecule has 1 heterocycles. The van der Waals surface area contributed by atoms with E-state index in [4.69, 9.17) is 9.84 Å². The monoisotopic (exact) mass is 132 g/mol. The largest absolute Gasteiger partial charge is 0.394 e. The minimum absolute atomic E-state index is 0.0779. The second-order valence-corrected chi connectivity index (χ2v) is 2.52. The van der Waals surface area contributed by atoms with E-state index in [9.17, 15) is 5.11 Å². The van der Waals surface area contributed by atoms with E-state index in [0.29, 0.717) is 6.61 Å². The van der Waals surface area contributed by atoms with Gasteiger partial charge in [0.2, 0.25) is 0 Å². The summed E-state index contributed by atoms with van der Waals surface area (Å²) in [4.78, 5) is 0. The van der Waals surface area contributed by atoms with Gasteiger partial charge in [0.25, 0.3) is 0 Å². The molecular formula is C6H12O3. The maximum absolute atomic E-state index is 9.17. The van der Waals surface area contributed by atoms with Gasteiger partial charge in [0.15, 0.2) is 0 Å². The molecule has 2 N–H and O–H groups in total. The summed E-state index contributed by atoms with van der Waals surface area (Å²) in [6.07, 6.45) is -0.824. The fourth-order valence-corrected chi connectivity index (χ4v) is 1.000. The molecule has 0 radical (unpaired) electrons. The number of rotatable bonds is 1. The van der Waals surface area contributed by atoms with Gasteiger partial charge in [-0.15, -0.1) is 0 Å². The topological polar surface area (TPSA) is 49.7 Å². The van der Waals surface area contributed by atoms with Gasteiger partial charge in [0, 0.05) is 5.92 Å². The maximum atomic E-state index is 9.17. The van der Waals surface area contributed by atoms with Crippen molar-refractivity contribution in [3.05, 3.63) is 0 Å². The molecule has 1 saturated heterocycles. The smallest absolute Gasteiger partial charge is 0.107 e. The summed E-state index contributed by atoms with van der Waals surface area (Å²) in [6.45, 7) is 2.39. The van der Waals surface area contributed by atoms with Crippen LogP contribution < -0.4 is 0 Å². The molecule has 0 aromatic carbocycles. The van der Waals surface area contributed by atoms with Gasteiger partial charge in [-0.25, -0.2) is 0 Å². The Bertz CT molecular complexity index is 94.3. The second-order valence-electron chi connectivity index (χ2n) is 2.52. The van der Waals surface area contributed by atoms with Crippen LogP contribution in [0.5, 0.6) is 0 Å². The van der Waals surface area contributed by atoms with E-state index in [0.717, 1.165) is 0 Å². The Balaban J connectivity index is 2.41. The zero-order chi connectivity index (χ0) is 6.85. The Morgan fingerprint density at radius 3 is 2.56 bits per heavy atom. The molecule has 0 spiro atoms. The highest BCUT2D eigenvalue weighted by Crippen LogP contribution is 2.18. The lowest BCUT2D eigenvalue weighted by Gasteiger charge is -2.10.